The fraction of sp³-hybridized carbons (Fsp3) is 1.00. The summed E-state index contributed by atoms with van der Waals surface area (Å²) in [5, 5.41) is 0. The van der Waals surface area contributed by atoms with E-state index >= 15 is 0 Å². The minimum absolute atomic E-state index is 0.208. The summed E-state index contributed by atoms with van der Waals surface area (Å²) in [6.45, 7) is 11.9. The molecule has 2 atom stereocenters. The van der Waals surface area contributed by atoms with Gasteiger partial charge in [-0.1, -0.05) is 41.0 Å². The van der Waals surface area contributed by atoms with E-state index in [1.165, 1.54) is 0 Å². The molecule has 2 N–H and O–H groups in total. The Balaban J connectivity index is 3.80. The smallest absolute Gasteiger partial charge is 0.0723 e. The Kier molecular flexibility index (Phi) is 7.20. The molecule has 0 rings (SSSR count). The Bertz CT molecular complexity index is 151. The van der Waals surface area contributed by atoms with Crippen LogP contribution in [-0.2, 0) is 4.74 Å². The molecule has 0 aliphatic carbocycles. The first kappa shape index (κ1) is 14.9. The lowest BCUT2D eigenvalue weighted by atomic mass is 9.93. The van der Waals surface area contributed by atoms with Gasteiger partial charge in [0.1, 0.15) is 0 Å². The highest BCUT2D eigenvalue weighted by atomic mass is 16.5. The highest BCUT2D eigenvalue weighted by molar-refractivity contribution is 4.72. The van der Waals surface area contributed by atoms with Crippen molar-refractivity contribution in [3.63, 3.8) is 0 Å². The molecule has 15 heavy (non-hydrogen) atoms. The summed E-state index contributed by atoms with van der Waals surface area (Å²) < 4.78 is 5.86. The van der Waals surface area contributed by atoms with Crippen LogP contribution >= 0.6 is 0 Å². The summed E-state index contributed by atoms with van der Waals surface area (Å²) in [6, 6.07) is 0.208. The Morgan fingerprint density at radius 1 is 1.20 bits per heavy atom. The molecule has 0 saturated carbocycles. The van der Waals surface area contributed by atoms with Crippen LogP contribution in [0.25, 0.3) is 0 Å². The second-order valence-corrected chi connectivity index (χ2v) is 5.58. The van der Waals surface area contributed by atoms with Gasteiger partial charge < -0.3 is 10.5 Å². The molecular formula is C13H29NO. The Labute approximate surface area is 95.6 Å². The van der Waals surface area contributed by atoms with Crippen LogP contribution in [-0.4, -0.2) is 18.8 Å². The molecule has 0 aromatic carbocycles. The van der Waals surface area contributed by atoms with E-state index in [-0.39, 0.29) is 12.1 Å². The van der Waals surface area contributed by atoms with Gasteiger partial charge in [-0.25, -0.2) is 0 Å². The number of hydrogen-bond acceptors (Lipinski definition) is 2. The van der Waals surface area contributed by atoms with Gasteiger partial charge in [-0.3, -0.25) is 0 Å². The molecule has 2 nitrogen and oxygen atoms in total. The van der Waals surface area contributed by atoms with E-state index in [2.05, 4.69) is 34.6 Å². The molecule has 2 heteroatoms. The minimum atomic E-state index is 0.208. The third kappa shape index (κ3) is 7.80. The maximum Gasteiger partial charge on any atom is 0.0723 e. The summed E-state index contributed by atoms with van der Waals surface area (Å²) in [6.07, 6.45) is 4.56. The molecule has 0 heterocycles. The lowest BCUT2D eigenvalue weighted by Gasteiger charge is -2.25. The Hall–Kier alpha value is -0.0800. The van der Waals surface area contributed by atoms with E-state index < -0.39 is 0 Å². The molecule has 0 amide bonds. The third-order valence-electron chi connectivity index (χ3n) is 2.69. The molecule has 0 saturated heterocycles. The lowest BCUT2D eigenvalue weighted by Crippen LogP contribution is -2.36. The van der Waals surface area contributed by atoms with Gasteiger partial charge >= 0.3 is 0 Å². The van der Waals surface area contributed by atoms with Gasteiger partial charge in [0.2, 0.25) is 0 Å². The maximum atomic E-state index is 6.06. The predicted octanol–water partition coefficient (Wildman–Crippen LogP) is 3.35. The summed E-state index contributed by atoms with van der Waals surface area (Å²) in [5.74, 6) is 0. The lowest BCUT2D eigenvalue weighted by molar-refractivity contribution is 0.0180. The van der Waals surface area contributed by atoms with Crippen molar-refractivity contribution < 1.29 is 4.74 Å². The number of ether oxygens (including phenoxy) is 1. The van der Waals surface area contributed by atoms with Crippen molar-refractivity contribution in [1.29, 1.82) is 0 Å². The first-order valence-electron chi connectivity index (χ1n) is 6.28. The maximum absolute atomic E-state index is 6.06. The van der Waals surface area contributed by atoms with Crippen LogP contribution in [0.3, 0.4) is 0 Å². The zero-order valence-electron chi connectivity index (χ0n) is 11.2. The summed E-state index contributed by atoms with van der Waals surface area (Å²) in [4.78, 5) is 0. The van der Waals surface area contributed by atoms with Crippen molar-refractivity contribution in [2.75, 3.05) is 6.61 Å². The van der Waals surface area contributed by atoms with E-state index in [1.807, 2.05) is 0 Å². The first-order valence-corrected chi connectivity index (χ1v) is 6.28. The van der Waals surface area contributed by atoms with Crippen LogP contribution in [0.5, 0.6) is 0 Å². The van der Waals surface area contributed by atoms with Gasteiger partial charge in [0.05, 0.1) is 6.10 Å². The normalized spacial score (nSPS) is 16.4. The second-order valence-electron chi connectivity index (χ2n) is 5.58. The molecule has 0 aliphatic heterocycles. The van der Waals surface area contributed by atoms with E-state index in [0.717, 1.165) is 32.3 Å². The molecule has 0 radical (unpaired) electrons. The average molecular weight is 215 g/mol. The van der Waals surface area contributed by atoms with Crippen LogP contribution < -0.4 is 5.73 Å². The SMILES string of the molecule is CCCC(N)C(CC)OCCC(C)(C)C. The molecule has 92 valence electrons. The van der Waals surface area contributed by atoms with Gasteiger partial charge in [0.25, 0.3) is 0 Å². The van der Waals surface area contributed by atoms with Crippen molar-refractivity contribution in [1.82, 2.24) is 0 Å². The zero-order chi connectivity index (χ0) is 11.9. The van der Waals surface area contributed by atoms with Gasteiger partial charge in [0, 0.05) is 12.6 Å². The standard InChI is InChI=1S/C13H29NO/c1-6-8-11(14)12(7-2)15-10-9-13(3,4)5/h11-12H,6-10,14H2,1-5H3. The highest BCUT2D eigenvalue weighted by Crippen LogP contribution is 2.19. The third-order valence-corrected chi connectivity index (χ3v) is 2.69. The number of hydrogen-bond donors (Lipinski definition) is 1. The van der Waals surface area contributed by atoms with Crippen LogP contribution in [0, 0.1) is 5.41 Å². The molecule has 2 unspecified atom stereocenters. The quantitative estimate of drug-likeness (QED) is 0.707. The van der Waals surface area contributed by atoms with Crippen molar-refractivity contribution >= 4 is 0 Å². The number of rotatable bonds is 7. The molecule has 0 bridgehead atoms. The van der Waals surface area contributed by atoms with Crippen LogP contribution in [0.4, 0.5) is 0 Å². The second kappa shape index (κ2) is 7.24. The van der Waals surface area contributed by atoms with Gasteiger partial charge in [-0.15, -0.1) is 0 Å². The van der Waals surface area contributed by atoms with Gasteiger partial charge in [0.15, 0.2) is 0 Å². The molecular weight excluding hydrogens is 186 g/mol. The van der Waals surface area contributed by atoms with Gasteiger partial charge in [-0.2, -0.15) is 0 Å². The Morgan fingerprint density at radius 2 is 1.80 bits per heavy atom. The fourth-order valence-corrected chi connectivity index (χ4v) is 1.58. The molecule has 0 aliphatic rings. The molecule has 0 aromatic rings. The zero-order valence-corrected chi connectivity index (χ0v) is 11.2. The largest absolute Gasteiger partial charge is 0.377 e. The van der Waals surface area contributed by atoms with E-state index in [1.54, 1.807) is 0 Å². The molecule has 0 fully saturated rings. The van der Waals surface area contributed by atoms with Crippen molar-refractivity contribution in [3.8, 4) is 0 Å². The fourth-order valence-electron chi connectivity index (χ4n) is 1.58. The van der Waals surface area contributed by atoms with E-state index in [9.17, 15) is 0 Å². The summed E-state index contributed by atoms with van der Waals surface area (Å²) in [7, 11) is 0. The molecule has 0 aromatic heterocycles. The predicted molar refractivity (Wildman–Crippen MR) is 67.0 cm³/mol. The van der Waals surface area contributed by atoms with Crippen LogP contribution in [0.15, 0.2) is 0 Å². The van der Waals surface area contributed by atoms with Crippen LogP contribution in [0.1, 0.15) is 60.3 Å². The first-order chi connectivity index (χ1) is 6.90. The highest BCUT2D eigenvalue weighted by Gasteiger charge is 2.17. The summed E-state index contributed by atoms with van der Waals surface area (Å²) >= 11 is 0. The van der Waals surface area contributed by atoms with Gasteiger partial charge in [-0.05, 0) is 24.7 Å². The summed E-state index contributed by atoms with van der Waals surface area (Å²) in [5.41, 5.74) is 6.42. The topological polar surface area (TPSA) is 35.2 Å². The average Bonchev–Trinajstić information content (AvgIpc) is 2.11. The minimum Gasteiger partial charge on any atom is -0.377 e. The van der Waals surface area contributed by atoms with Crippen LogP contribution in [0.2, 0.25) is 0 Å². The van der Waals surface area contributed by atoms with E-state index in [0.29, 0.717) is 5.41 Å². The monoisotopic (exact) mass is 215 g/mol. The van der Waals surface area contributed by atoms with Crippen molar-refractivity contribution in [3.05, 3.63) is 0 Å². The Morgan fingerprint density at radius 3 is 2.20 bits per heavy atom. The van der Waals surface area contributed by atoms with Crippen molar-refractivity contribution in [2.24, 2.45) is 11.1 Å². The van der Waals surface area contributed by atoms with E-state index in [4.69, 9.17) is 10.5 Å². The van der Waals surface area contributed by atoms with Crippen molar-refractivity contribution in [2.45, 2.75) is 72.4 Å². The number of nitrogens with two attached hydrogens (primary N) is 1. The molecule has 0 spiro atoms.